The molecular formula is C18H22N4O. The fourth-order valence-electron chi connectivity index (χ4n) is 3.93. The average molecular weight is 310 g/mol. The van der Waals surface area contributed by atoms with Gasteiger partial charge in [-0.05, 0) is 50.2 Å². The number of benzene rings is 1. The van der Waals surface area contributed by atoms with Gasteiger partial charge in [-0.2, -0.15) is 0 Å². The smallest absolute Gasteiger partial charge is 0.254 e. The van der Waals surface area contributed by atoms with E-state index < -0.39 is 0 Å². The van der Waals surface area contributed by atoms with Crippen molar-refractivity contribution in [2.45, 2.75) is 44.9 Å². The highest BCUT2D eigenvalue weighted by Crippen LogP contribution is 2.36. The predicted molar refractivity (Wildman–Crippen MR) is 90.9 cm³/mol. The summed E-state index contributed by atoms with van der Waals surface area (Å²) >= 11 is 0. The molecule has 3 N–H and O–H groups in total. The Bertz CT molecular complexity index is 778. The van der Waals surface area contributed by atoms with Crippen LogP contribution in [-0.4, -0.2) is 22.2 Å². The third kappa shape index (κ3) is 2.22. The summed E-state index contributed by atoms with van der Waals surface area (Å²) in [7, 11) is 0. The Hall–Kier alpha value is -2.30. The summed E-state index contributed by atoms with van der Waals surface area (Å²) in [5, 5.41) is 7.82. The molecule has 1 aromatic carbocycles. The average Bonchev–Trinajstić information content (AvgIpc) is 2.92. The van der Waals surface area contributed by atoms with Crippen LogP contribution >= 0.6 is 0 Å². The van der Waals surface area contributed by atoms with Crippen LogP contribution in [0, 0.1) is 6.92 Å². The molecule has 1 unspecified atom stereocenters. The second-order valence-electron chi connectivity index (χ2n) is 6.57. The SMILES string of the molecule is Cc1cccc2c1NCCC2C(=O)n1nc(N)c2c1CCCC2. The van der Waals surface area contributed by atoms with Crippen molar-refractivity contribution in [3.8, 4) is 0 Å². The molecule has 2 heterocycles. The van der Waals surface area contributed by atoms with Gasteiger partial charge in [0.15, 0.2) is 0 Å². The number of nitrogens with one attached hydrogen (secondary N) is 1. The van der Waals surface area contributed by atoms with Crippen LogP contribution in [0.25, 0.3) is 0 Å². The molecule has 1 aliphatic carbocycles. The Morgan fingerprint density at radius 1 is 1.35 bits per heavy atom. The number of para-hydroxylation sites is 1. The van der Waals surface area contributed by atoms with Gasteiger partial charge in [-0.15, -0.1) is 5.10 Å². The first-order valence-electron chi connectivity index (χ1n) is 8.40. The van der Waals surface area contributed by atoms with Crippen LogP contribution in [-0.2, 0) is 12.8 Å². The van der Waals surface area contributed by atoms with E-state index in [1.807, 2.05) is 6.07 Å². The molecule has 1 atom stereocenters. The van der Waals surface area contributed by atoms with Gasteiger partial charge in [0, 0.05) is 17.8 Å². The normalized spacial score (nSPS) is 19.6. The molecule has 0 bridgehead atoms. The molecule has 5 heteroatoms. The predicted octanol–water partition coefficient (Wildman–Crippen LogP) is 2.89. The minimum Gasteiger partial charge on any atom is -0.385 e. The zero-order chi connectivity index (χ0) is 16.0. The van der Waals surface area contributed by atoms with Gasteiger partial charge in [0.1, 0.15) is 5.82 Å². The van der Waals surface area contributed by atoms with Crippen molar-refractivity contribution in [2.75, 3.05) is 17.6 Å². The molecule has 5 nitrogen and oxygen atoms in total. The molecule has 4 rings (SSSR count). The first-order valence-corrected chi connectivity index (χ1v) is 8.40. The van der Waals surface area contributed by atoms with Crippen LogP contribution in [0.5, 0.6) is 0 Å². The quantitative estimate of drug-likeness (QED) is 0.849. The number of hydrogen-bond donors (Lipinski definition) is 2. The standard InChI is InChI=1S/C18H22N4O/c1-11-5-4-7-12-13(9-10-20-16(11)12)18(23)22-15-8-3-2-6-14(15)17(19)21-22/h4-5,7,13,20H,2-3,6,8-10H2,1H3,(H2,19,21). The Labute approximate surface area is 135 Å². The summed E-state index contributed by atoms with van der Waals surface area (Å²) in [5.74, 6) is 0.455. The number of nitrogen functional groups attached to an aromatic ring is 1. The Morgan fingerprint density at radius 2 is 2.17 bits per heavy atom. The highest BCUT2D eigenvalue weighted by Gasteiger charge is 2.31. The van der Waals surface area contributed by atoms with Crippen molar-refractivity contribution >= 4 is 17.4 Å². The summed E-state index contributed by atoms with van der Waals surface area (Å²) in [6.07, 6.45) is 4.87. The molecule has 2 aliphatic rings. The second-order valence-corrected chi connectivity index (χ2v) is 6.57. The molecule has 0 amide bonds. The number of hydrogen-bond acceptors (Lipinski definition) is 4. The zero-order valence-corrected chi connectivity index (χ0v) is 13.4. The molecular weight excluding hydrogens is 288 g/mol. The molecule has 23 heavy (non-hydrogen) atoms. The lowest BCUT2D eigenvalue weighted by atomic mass is 9.88. The van der Waals surface area contributed by atoms with Gasteiger partial charge in [-0.3, -0.25) is 4.79 Å². The van der Waals surface area contributed by atoms with E-state index in [0.29, 0.717) is 5.82 Å². The van der Waals surface area contributed by atoms with Gasteiger partial charge >= 0.3 is 0 Å². The summed E-state index contributed by atoms with van der Waals surface area (Å²) in [6.45, 7) is 2.89. The van der Waals surface area contributed by atoms with Crippen molar-refractivity contribution in [1.82, 2.24) is 9.78 Å². The number of carbonyl (C=O) groups is 1. The first kappa shape index (κ1) is 14.3. The van der Waals surface area contributed by atoms with Gasteiger partial charge in [0.05, 0.1) is 11.6 Å². The van der Waals surface area contributed by atoms with E-state index >= 15 is 0 Å². The number of aromatic nitrogens is 2. The van der Waals surface area contributed by atoms with E-state index in [-0.39, 0.29) is 11.8 Å². The number of rotatable bonds is 1. The van der Waals surface area contributed by atoms with Crippen LogP contribution in [0.1, 0.15) is 52.4 Å². The van der Waals surface area contributed by atoms with Crippen molar-refractivity contribution < 1.29 is 4.79 Å². The Balaban J connectivity index is 1.76. The highest BCUT2D eigenvalue weighted by molar-refractivity contribution is 5.89. The maximum atomic E-state index is 13.2. The van der Waals surface area contributed by atoms with Gasteiger partial charge in [-0.1, -0.05) is 18.2 Å². The minimum absolute atomic E-state index is 0.0631. The third-order valence-corrected chi connectivity index (χ3v) is 5.13. The number of anilines is 2. The van der Waals surface area contributed by atoms with Crippen LogP contribution in [0.2, 0.25) is 0 Å². The zero-order valence-electron chi connectivity index (χ0n) is 13.4. The second kappa shape index (κ2) is 5.41. The van der Waals surface area contributed by atoms with Gasteiger partial charge in [0.2, 0.25) is 0 Å². The van der Waals surface area contributed by atoms with Crippen LogP contribution < -0.4 is 11.1 Å². The van der Waals surface area contributed by atoms with E-state index in [9.17, 15) is 4.79 Å². The maximum absolute atomic E-state index is 13.2. The number of nitrogens with two attached hydrogens (primary N) is 1. The lowest BCUT2D eigenvalue weighted by molar-refractivity contribution is 0.0852. The summed E-state index contributed by atoms with van der Waals surface area (Å²) in [6, 6.07) is 6.15. The number of nitrogens with zero attached hydrogens (tertiary/aromatic N) is 2. The van der Waals surface area contributed by atoms with Gasteiger partial charge in [0.25, 0.3) is 5.91 Å². The Kier molecular flexibility index (Phi) is 3.36. The van der Waals surface area contributed by atoms with Crippen LogP contribution in [0.4, 0.5) is 11.5 Å². The minimum atomic E-state index is -0.142. The largest absolute Gasteiger partial charge is 0.385 e. The van der Waals surface area contributed by atoms with Crippen molar-refractivity contribution in [1.29, 1.82) is 0 Å². The molecule has 1 aliphatic heterocycles. The molecule has 0 spiro atoms. The van der Waals surface area contributed by atoms with Gasteiger partial charge in [-0.25, -0.2) is 4.68 Å². The van der Waals surface area contributed by atoms with E-state index in [1.165, 1.54) is 5.56 Å². The molecule has 120 valence electrons. The number of fused-ring (bicyclic) bond motifs is 2. The summed E-state index contributed by atoms with van der Waals surface area (Å²) < 4.78 is 1.60. The highest BCUT2D eigenvalue weighted by atomic mass is 16.2. The molecule has 0 saturated carbocycles. The van der Waals surface area contributed by atoms with Crippen LogP contribution in [0.3, 0.4) is 0 Å². The van der Waals surface area contributed by atoms with Crippen molar-refractivity contribution in [3.05, 3.63) is 40.6 Å². The van der Waals surface area contributed by atoms with Gasteiger partial charge < -0.3 is 11.1 Å². The van der Waals surface area contributed by atoms with Crippen LogP contribution in [0.15, 0.2) is 18.2 Å². The molecule has 2 aromatic rings. The molecule has 1 aromatic heterocycles. The molecule has 0 radical (unpaired) electrons. The number of carbonyl (C=O) groups excluding carboxylic acids is 1. The fourth-order valence-corrected chi connectivity index (χ4v) is 3.93. The topological polar surface area (TPSA) is 72.9 Å². The monoisotopic (exact) mass is 310 g/mol. The molecule has 0 saturated heterocycles. The lowest BCUT2D eigenvalue weighted by Crippen LogP contribution is -2.29. The van der Waals surface area contributed by atoms with E-state index in [4.69, 9.17) is 5.73 Å². The van der Waals surface area contributed by atoms with E-state index in [1.54, 1.807) is 4.68 Å². The third-order valence-electron chi connectivity index (χ3n) is 5.13. The summed E-state index contributed by atoms with van der Waals surface area (Å²) in [5.41, 5.74) is 11.5. The van der Waals surface area contributed by atoms with E-state index in [2.05, 4.69) is 29.5 Å². The molecule has 0 fully saturated rings. The van der Waals surface area contributed by atoms with Crippen molar-refractivity contribution in [3.63, 3.8) is 0 Å². The first-order chi connectivity index (χ1) is 11.2. The van der Waals surface area contributed by atoms with Crippen molar-refractivity contribution in [2.24, 2.45) is 0 Å². The Morgan fingerprint density at radius 3 is 3.04 bits per heavy atom. The van der Waals surface area contributed by atoms with E-state index in [0.717, 1.165) is 61.2 Å². The lowest BCUT2D eigenvalue weighted by Gasteiger charge is -2.27. The summed E-state index contributed by atoms with van der Waals surface area (Å²) in [4.78, 5) is 13.2. The fraction of sp³-hybridized carbons (Fsp3) is 0.444. The number of aryl methyl sites for hydroxylation is 1. The maximum Gasteiger partial charge on any atom is 0.254 e.